The third kappa shape index (κ3) is 3.41. The van der Waals surface area contributed by atoms with Crippen molar-refractivity contribution >= 4 is 23.4 Å². The Morgan fingerprint density at radius 1 is 1.12 bits per heavy atom. The van der Waals surface area contributed by atoms with E-state index in [9.17, 15) is 14.0 Å². The number of hydrogen-bond acceptors (Lipinski definition) is 4. The number of amides is 2. The molecule has 0 aromatic heterocycles. The van der Waals surface area contributed by atoms with Crippen LogP contribution in [0.3, 0.4) is 0 Å². The van der Waals surface area contributed by atoms with E-state index in [0.29, 0.717) is 11.5 Å². The number of rotatable bonds is 2. The van der Waals surface area contributed by atoms with Crippen LogP contribution < -0.4 is 20.3 Å². The van der Waals surface area contributed by atoms with Crippen LogP contribution in [0.1, 0.15) is 10.4 Å². The zero-order valence-corrected chi connectivity index (χ0v) is 13.0. The smallest absolute Gasteiger partial charge is 0.283 e. The number of ether oxygens (including phenoxy) is 2. The van der Waals surface area contributed by atoms with Crippen molar-refractivity contribution in [3.05, 3.63) is 58.9 Å². The fraction of sp³-hybridized carbons (Fsp3) is 0.125. The number of benzene rings is 2. The molecule has 0 fully saturated rings. The van der Waals surface area contributed by atoms with Gasteiger partial charge in [-0.15, -0.1) is 0 Å². The van der Waals surface area contributed by atoms with Crippen molar-refractivity contribution in [2.45, 2.75) is 6.10 Å². The van der Waals surface area contributed by atoms with Crippen molar-refractivity contribution < 1.29 is 23.5 Å². The Labute approximate surface area is 141 Å². The lowest BCUT2D eigenvalue weighted by Gasteiger charge is -2.25. The Kier molecular flexibility index (Phi) is 4.52. The van der Waals surface area contributed by atoms with Gasteiger partial charge in [-0.2, -0.15) is 0 Å². The van der Waals surface area contributed by atoms with E-state index in [-0.39, 0.29) is 17.2 Å². The summed E-state index contributed by atoms with van der Waals surface area (Å²) >= 11 is 5.72. The van der Waals surface area contributed by atoms with Crippen molar-refractivity contribution in [2.75, 3.05) is 6.61 Å². The van der Waals surface area contributed by atoms with Crippen LogP contribution in [0, 0.1) is 5.82 Å². The summed E-state index contributed by atoms with van der Waals surface area (Å²) in [6.45, 7) is -0.00968. The zero-order chi connectivity index (χ0) is 17.1. The minimum absolute atomic E-state index is 0.00968. The van der Waals surface area contributed by atoms with E-state index in [1.54, 1.807) is 24.3 Å². The first-order valence-electron chi connectivity index (χ1n) is 6.98. The summed E-state index contributed by atoms with van der Waals surface area (Å²) in [5.74, 6) is -1.25. The Morgan fingerprint density at radius 3 is 2.67 bits per heavy atom. The molecule has 6 nitrogen and oxygen atoms in total. The van der Waals surface area contributed by atoms with Gasteiger partial charge in [0.25, 0.3) is 11.8 Å². The average molecular weight is 351 g/mol. The standard InChI is InChI=1S/C16H12ClFN2O4/c17-9-5-6-11(18)10(7-9)15(21)19-20-16(22)14-8-23-12-3-1-2-4-13(12)24-14/h1-7,14H,8H2,(H,19,21)(H,20,22). The molecular weight excluding hydrogens is 339 g/mol. The molecule has 2 amide bonds. The summed E-state index contributed by atoms with van der Waals surface area (Å²) in [5.41, 5.74) is 4.01. The second kappa shape index (κ2) is 6.76. The lowest BCUT2D eigenvalue weighted by atomic mass is 10.2. The minimum atomic E-state index is -0.940. The van der Waals surface area contributed by atoms with E-state index in [2.05, 4.69) is 10.9 Å². The van der Waals surface area contributed by atoms with Gasteiger partial charge < -0.3 is 9.47 Å². The molecule has 2 aromatic rings. The number of halogens is 2. The zero-order valence-electron chi connectivity index (χ0n) is 12.2. The number of hydrazine groups is 1. The molecule has 0 radical (unpaired) electrons. The van der Waals surface area contributed by atoms with Crippen molar-refractivity contribution in [3.8, 4) is 11.5 Å². The molecule has 1 aliphatic heterocycles. The van der Waals surface area contributed by atoms with E-state index in [1.807, 2.05) is 0 Å². The predicted octanol–water partition coefficient (Wildman–Crippen LogP) is 2.08. The Balaban J connectivity index is 1.60. The van der Waals surface area contributed by atoms with Crippen molar-refractivity contribution in [1.29, 1.82) is 0 Å². The molecule has 124 valence electrons. The first-order chi connectivity index (χ1) is 11.5. The van der Waals surface area contributed by atoms with Crippen LogP contribution in [0.15, 0.2) is 42.5 Å². The third-order valence-corrected chi connectivity index (χ3v) is 3.51. The van der Waals surface area contributed by atoms with E-state index >= 15 is 0 Å². The van der Waals surface area contributed by atoms with Gasteiger partial charge >= 0.3 is 0 Å². The van der Waals surface area contributed by atoms with E-state index in [4.69, 9.17) is 21.1 Å². The molecule has 2 aromatic carbocycles. The van der Waals surface area contributed by atoms with Gasteiger partial charge in [-0.25, -0.2) is 4.39 Å². The van der Waals surface area contributed by atoms with Crippen LogP contribution in [0.2, 0.25) is 5.02 Å². The van der Waals surface area contributed by atoms with Crippen LogP contribution in [0.5, 0.6) is 11.5 Å². The van der Waals surface area contributed by atoms with E-state index < -0.39 is 23.7 Å². The third-order valence-electron chi connectivity index (χ3n) is 3.27. The van der Waals surface area contributed by atoms with Crippen LogP contribution in [0.4, 0.5) is 4.39 Å². The lowest BCUT2D eigenvalue weighted by molar-refractivity contribution is -0.131. The summed E-state index contributed by atoms with van der Waals surface area (Å²) in [5, 5.41) is 0.202. The number of fused-ring (bicyclic) bond motifs is 1. The molecule has 1 aliphatic rings. The molecule has 0 spiro atoms. The lowest BCUT2D eigenvalue weighted by Crippen LogP contribution is -2.51. The van der Waals surface area contributed by atoms with Gasteiger partial charge in [-0.1, -0.05) is 23.7 Å². The molecule has 1 unspecified atom stereocenters. The molecule has 8 heteroatoms. The minimum Gasteiger partial charge on any atom is -0.485 e. The summed E-state index contributed by atoms with van der Waals surface area (Å²) in [6, 6.07) is 10.4. The largest absolute Gasteiger partial charge is 0.485 e. The first kappa shape index (κ1) is 16.1. The maximum absolute atomic E-state index is 13.6. The molecule has 2 N–H and O–H groups in total. The monoisotopic (exact) mass is 350 g/mol. The van der Waals surface area contributed by atoms with E-state index in [1.165, 1.54) is 6.07 Å². The highest BCUT2D eigenvalue weighted by atomic mass is 35.5. The quantitative estimate of drug-likeness (QED) is 0.813. The molecule has 0 saturated heterocycles. The Morgan fingerprint density at radius 2 is 1.88 bits per heavy atom. The highest BCUT2D eigenvalue weighted by Crippen LogP contribution is 2.30. The number of carbonyl (C=O) groups excluding carboxylic acids is 2. The summed E-state index contributed by atoms with van der Waals surface area (Å²) in [4.78, 5) is 24.0. The van der Waals surface area contributed by atoms with Gasteiger partial charge in [0.15, 0.2) is 11.5 Å². The number of nitrogens with one attached hydrogen (secondary N) is 2. The van der Waals surface area contributed by atoms with Gasteiger partial charge in [-0.3, -0.25) is 20.4 Å². The number of hydrogen-bond donors (Lipinski definition) is 2. The summed E-state index contributed by atoms with van der Waals surface area (Å²) < 4.78 is 24.5. The molecule has 0 aliphatic carbocycles. The van der Waals surface area contributed by atoms with Crippen molar-refractivity contribution in [1.82, 2.24) is 10.9 Å². The molecule has 0 bridgehead atoms. The van der Waals surface area contributed by atoms with Crippen LogP contribution in [-0.4, -0.2) is 24.5 Å². The average Bonchev–Trinajstić information content (AvgIpc) is 2.61. The summed E-state index contributed by atoms with van der Waals surface area (Å²) in [6.07, 6.45) is -0.940. The van der Waals surface area contributed by atoms with Gasteiger partial charge in [0.1, 0.15) is 12.4 Å². The number of para-hydroxylation sites is 2. The SMILES string of the molecule is O=C(NNC(=O)C1COc2ccccc2O1)c1cc(Cl)ccc1F. The first-order valence-corrected chi connectivity index (χ1v) is 7.36. The summed E-state index contributed by atoms with van der Waals surface area (Å²) in [7, 11) is 0. The predicted molar refractivity (Wildman–Crippen MR) is 83.4 cm³/mol. The molecule has 0 saturated carbocycles. The van der Waals surface area contributed by atoms with Gasteiger partial charge in [0, 0.05) is 5.02 Å². The molecule has 1 heterocycles. The molecule has 24 heavy (non-hydrogen) atoms. The molecule has 3 rings (SSSR count). The van der Waals surface area contributed by atoms with Crippen LogP contribution in [0.25, 0.3) is 0 Å². The molecular formula is C16H12ClFN2O4. The fourth-order valence-corrected chi connectivity index (χ4v) is 2.26. The Hall–Kier alpha value is -2.80. The van der Waals surface area contributed by atoms with Crippen LogP contribution in [-0.2, 0) is 4.79 Å². The highest BCUT2D eigenvalue weighted by molar-refractivity contribution is 6.31. The van der Waals surface area contributed by atoms with Gasteiger partial charge in [0.05, 0.1) is 5.56 Å². The van der Waals surface area contributed by atoms with Crippen LogP contribution >= 0.6 is 11.6 Å². The number of carbonyl (C=O) groups is 2. The van der Waals surface area contributed by atoms with E-state index in [0.717, 1.165) is 12.1 Å². The normalized spacial score (nSPS) is 15.5. The fourth-order valence-electron chi connectivity index (χ4n) is 2.09. The Bertz CT molecular complexity index is 799. The highest BCUT2D eigenvalue weighted by Gasteiger charge is 2.27. The van der Waals surface area contributed by atoms with Gasteiger partial charge in [-0.05, 0) is 30.3 Å². The second-order valence-corrected chi connectivity index (χ2v) is 5.37. The maximum Gasteiger partial charge on any atom is 0.283 e. The molecule has 1 atom stereocenters. The van der Waals surface area contributed by atoms with Crippen molar-refractivity contribution in [2.24, 2.45) is 0 Å². The maximum atomic E-state index is 13.6. The van der Waals surface area contributed by atoms with Crippen molar-refractivity contribution in [3.63, 3.8) is 0 Å². The second-order valence-electron chi connectivity index (χ2n) is 4.93. The van der Waals surface area contributed by atoms with Gasteiger partial charge in [0.2, 0.25) is 6.10 Å². The topological polar surface area (TPSA) is 76.7 Å².